The molecular weight excluding hydrogens is 222 g/mol. The molecule has 3 nitrogen and oxygen atoms in total. The fourth-order valence-corrected chi connectivity index (χ4v) is 1.95. The zero-order valence-electron chi connectivity index (χ0n) is 12.3. The maximum absolute atomic E-state index is 4.74. The molecule has 102 valence electrons. The standard InChI is InChI=1S/C15H27N3/c1-5-7-8-14-17-11-13(10-16-9-6-2)15(18-14)12(3)4/h11-12,16H,5-10H2,1-4H3. The molecule has 0 unspecified atom stereocenters. The number of hydrogen-bond donors (Lipinski definition) is 1. The first-order valence-corrected chi connectivity index (χ1v) is 7.24. The van der Waals surface area contributed by atoms with Crippen molar-refractivity contribution < 1.29 is 0 Å². The third-order valence-corrected chi connectivity index (χ3v) is 2.99. The number of nitrogens with zero attached hydrogens (tertiary/aromatic N) is 2. The lowest BCUT2D eigenvalue weighted by Crippen LogP contribution is -2.17. The Kier molecular flexibility index (Phi) is 6.88. The molecule has 0 fully saturated rings. The van der Waals surface area contributed by atoms with Gasteiger partial charge in [-0.05, 0) is 25.3 Å². The van der Waals surface area contributed by atoms with Crippen LogP contribution in [-0.2, 0) is 13.0 Å². The zero-order valence-corrected chi connectivity index (χ0v) is 12.3. The van der Waals surface area contributed by atoms with Gasteiger partial charge in [-0.3, -0.25) is 0 Å². The average molecular weight is 249 g/mol. The molecule has 0 aromatic carbocycles. The summed E-state index contributed by atoms with van der Waals surface area (Å²) in [6.07, 6.45) is 6.53. The fourth-order valence-electron chi connectivity index (χ4n) is 1.95. The van der Waals surface area contributed by atoms with E-state index in [-0.39, 0.29) is 0 Å². The molecule has 1 N–H and O–H groups in total. The van der Waals surface area contributed by atoms with Crippen LogP contribution < -0.4 is 5.32 Å². The van der Waals surface area contributed by atoms with Crippen LogP contribution in [-0.4, -0.2) is 16.5 Å². The van der Waals surface area contributed by atoms with Gasteiger partial charge in [-0.15, -0.1) is 0 Å². The van der Waals surface area contributed by atoms with Gasteiger partial charge in [-0.2, -0.15) is 0 Å². The second kappa shape index (κ2) is 8.20. The van der Waals surface area contributed by atoms with Crippen LogP contribution in [0.2, 0.25) is 0 Å². The van der Waals surface area contributed by atoms with Gasteiger partial charge in [0.15, 0.2) is 0 Å². The SMILES string of the molecule is CCCCc1ncc(CNCCC)c(C(C)C)n1. The van der Waals surface area contributed by atoms with Gasteiger partial charge in [0.1, 0.15) is 5.82 Å². The molecule has 1 heterocycles. The van der Waals surface area contributed by atoms with Crippen molar-refractivity contribution in [3.8, 4) is 0 Å². The summed E-state index contributed by atoms with van der Waals surface area (Å²) in [4.78, 5) is 9.22. The van der Waals surface area contributed by atoms with Crippen molar-refractivity contribution in [3.05, 3.63) is 23.3 Å². The summed E-state index contributed by atoms with van der Waals surface area (Å²) < 4.78 is 0. The van der Waals surface area contributed by atoms with Gasteiger partial charge in [-0.25, -0.2) is 9.97 Å². The van der Waals surface area contributed by atoms with Gasteiger partial charge in [0, 0.05) is 24.7 Å². The fraction of sp³-hybridized carbons (Fsp3) is 0.733. The molecule has 0 amide bonds. The quantitative estimate of drug-likeness (QED) is 0.717. The summed E-state index contributed by atoms with van der Waals surface area (Å²) in [5, 5.41) is 3.43. The third kappa shape index (κ3) is 4.73. The lowest BCUT2D eigenvalue weighted by atomic mass is 10.0. The molecule has 0 bridgehead atoms. The van der Waals surface area contributed by atoms with Crippen molar-refractivity contribution in [3.63, 3.8) is 0 Å². The van der Waals surface area contributed by atoms with E-state index in [1.165, 1.54) is 24.1 Å². The van der Waals surface area contributed by atoms with E-state index in [0.717, 1.165) is 31.8 Å². The van der Waals surface area contributed by atoms with E-state index in [0.29, 0.717) is 5.92 Å². The first-order valence-electron chi connectivity index (χ1n) is 7.24. The minimum Gasteiger partial charge on any atom is -0.313 e. The van der Waals surface area contributed by atoms with Crippen LogP contribution in [0.4, 0.5) is 0 Å². The number of aryl methyl sites for hydroxylation is 1. The van der Waals surface area contributed by atoms with Gasteiger partial charge in [0.25, 0.3) is 0 Å². The van der Waals surface area contributed by atoms with Crippen LogP contribution in [0.15, 0.2) is 6.20 Å². The molecular formula is C15H27N3. The average Bonchev–Trinajstić information content (AvgIpc) is 2.37. The van der Waals surface area contributed by atoms with Crippen molar-refractivity contribution in [2.75, 3.05) is 6.54 Å². The predicted molar refractivity (Wildman–Crippen MR) is 76.7 cm³/mol. The lowest BCUT2D eigenvalue weighted by Gasteiger charge is -2.13. The van der Waals surface area contributed by atoms with E-state index in [1.54, 1.807) is 0 Å². The molecule has 1 rings (SSSR count). The Labute approximate surface area is 111 Å². The molecule has 1 aromatic heterocycles. The molecule has 0 spiro atoms. The van der Waals surface area contributed by atoms with Crippen LogP contribution in [0.1, 0.15) is 70.0 Å². The van der Waals surface area contributed by atoms with Gasteiger partial charge in [-0.1, -0.05) is 34.1 Å². The second-order valence-electron chi connectivity index (χ2n) is 5.13. The van der Waals surface area contributed by atoms with E-state index in [2.05, 4.69) is 38.0 Å². The summed E-state index contributed by atoms with van der Waals surface area (Å²) in [5.41, 5.74) is 2.46. The highest BCUT2D eigenvalue weighted by Crippen LogP contribution is 2.17. The maximum atomic E-state index is 4.74. The molecule has 0 radical (unpaired) electrons. The van der Waals surface area contributed by atoms with E-state index >= 15 is 0 Å². The highest BCUT2D eigenvalue weighted by Gasteiger charge is 2.10. The topological polar surface area (TPSA) is 37.8 Å². The van der Waals surface area contributed by atoms with Crippen LogP contribution in [0.3, 0.4) is 0 Å². The van der Waals surface area contributed by atoms with Crippen molar-refractivity contribution in [1.82, 2.24) is 15.3 Å². The van der Waals surface area contributed by atoms with E-state index in [9.17, 15) is 0 Å². The Hall–Kier alpha value is -0.960. The number of aromatic nitrogens is 2. The maximum Gasteiger partial charge on any atom is 0.128 e. The van der Waals surface area contributed by atoms with Crippen molar-refractivity contribution in [2.45, 2.75) is 65.8 Å². The first-order chi connectivity index (χ1) is 8.69. The van der Waals surface area contributed by atoms with Crippen molar-refractivity contribution in [1.29, 1.82) is 0 Å². The monoisotopic (exact) mass is 249 g/mol. The predicted octanol–water partition coefficient (Wildman–Crippen LogP) is 3.44. The number of unbranched alkanes of at least 4 members (excludes halogenated alkanes) is 1. The smallest absolute Gasteiger partial charge is 0.128 e. The Bertz CT molecular complexity index is 348. The molecule has 0 aliphatic heterocycles. The molecule has 0 saturated carbocycles. The Morgan fingerprint density at radius 3 is 2.61 bits per heavy atom. The third-order valence-electron chi connectivity index (χ3n) is 2.99. The molecule has 1 aromatic rings. The summed E-state index contributed by atoms with van der Waals surface area (Å²) in [5.74, 6) is 1.46. The Balaban J connectivity index is 2.76. The van der Waals surface area contributed by atoms with Gasteiger partial charge >= 0.3 is 0 Å². The van der Waals surface area contributed by atoms with Gasteiger partial charge in [0.05, 0.1) is 5.69 Å². The second-order valence-corrected chi connectivity index (χ2v) is 5.13. The van der Waals surface area contributed by atoms with E-state index < -0.39 is 0 Å². The number of nitrogens with one attached hydrogen (secondary N) is 1. The highest BCUT2D eigenvalue weighted by molar-refractivity contribution is 5.20. The van der Waals surface area contributed by atoms with Crippen LogP contribution in [0.25, 0.3) is 0 Å². The lowest BCUT2D eigenvalue weighted by molar-refractivity contribution is 0.648. The summed E-state index contributed by atoms with van der Waals surface area (Å²) >= 11 is 0. The first kappa shape index (κ1) is 15.1. The van der Waals surface area contributed by atoms with Gasteiger partial charge < -0.3 is 5.32 Å². The minimum absolute atomic E-state index is 0.465. The van der Waals surface area contributed by atoms with Crippen LogP contribution >= 0.6 is 0 Å². The Morgan fingerprint density at radius 1 is 1.22 bits per heavy atom. The van der Waals surface area contributed by atoms with E-state index in [4.69, 9.17) is 4.98 Å². The summed E-state index contributed by atoms with van der Waals surface area (Å²) in [6.45, 7) is 10.7. The summed E-state index contributed by atoms with van der Waals surface area (Å²) in [6, 6.07) is 0. The molecule has 18 heavy (non-hydrogen) atoms. The van der Waals surface area contributed by atoms with E-state index in [1.807, 2.05) is 6.20 Å². The molecule has 0 saturated heterocycles. The van der Waals surface area contributed by atoms with Crippen LogP contribution in [0, 0.1) is 0 Å². The normalized spacial score (nSPS) is 11.2. The van der Waals surface area contributed by atoms with Gasteiger partial charge in [0.2, 0.25) is 0 Å². The molecule has 0 atom stereocenters. The molecule has 0 aliphatic rings. The highest BCUT2D eigenvalue weighted by atomic mass is 14.9. The largest absolute Gasteiger partial charge is 0.313 e. The van der Waals surface area contributed by atoms with Crippen LogP contribution in [0.5, 0.6) is 0 Å². The molecule has 0 aliphatic carbocycles. The molecule has 3 heteroatoms. The number of rotatable bonds is 8. The zero-order chi connectivity index (χ0) is 13.4. The number of hydrogen-bond acceptors (Lipinski definition) is 3. The Morgan fingerprint density at radius 2 is 2.00 bits per heavy atom. The minimum atomic E-state index is 0.465. The van der Waals surface area contributed by atoms with Crippen molar-refractivity contribution >= 4 is 0 Å². The van der Waals surface area contributed by atoms with Crippen molar-refractivity contribution in [2.24, 2.45) is 0 Å². The summed E-state index contributed by atoms with van der Waals surface area (Å²) in [7, 11) is 0.